The van der Waals surface area contributed by atoms with Crippen LogP contribution in [0.4, 0.5) is 0 Å². The van der Waals surface area contributed by atoms with Crippen LogP contribution in [-0.2, 0) is 4.79 Å². The van der Waals surface area contributed by atoms with Crippen LogP contribution in [0.15, 0.2) is 0 Å². The number of carbonyl (C=O) groups is 1. The Morgan fingerprint density at radius 3 is 2.00 bits per heavy atom. The zero-order valence-corrected chi connectivity index (χ0v) is 17.2. The van der Waals surface area contributed by atoms with Crippen LogP contribution in [0.1, 0.15) is 72.1 Å². The Morgan fingerprint density at radius 1 is 1.00 bits per heavy atom. The van der Waals surface area contributed by atoms with Gasteiger partial charge in [-0.3, -0.25) is 0 Å². The third kappa shape index (κ3) is 10.0. The Morgan fingerprint density at radius 2 is 1.55 bits per heavy atom. The van der Waals surface area contributed by atoms with Gasteiger partial charge < -0.3 is 0 Å². The summed E-state index contributed by atoms with van der Waals surface area (Å²) in [6.45, 7) is 6.69. The van der Waals surface area contributed by atoms with Gasteiger partial charge in [-0.2, -0.15) is 0 Å². The molecule has 0 aromatic carbocycles. The van der Waals surface area contributed by atoms with Crippen molar-refractivity contribution in [3.8, 4) is 0 Å². The van der Waals surface area contributed by atoms with E-state index in [2.05, 4.69) is 26.2 Å². The number of amides is 1. The molecule has 0 heterocycles. The van der Waals surface area contributed by atoms with E-state index in [1.807, 2.05) is 0 Å². The molecule has 3 nitrogen and oxygen atoms in total. The second-order valence-corrected chi connectivity index (χ2v) is 15.9. The second kappa shape index (κ2) is 14.2. The van der Waals surface area contributed by atoms with Crippen molar-refractivity contribution in [1.29, 1.82) is 0 Å². The second-order valence-electron chi connectivity index (χ2n) is 6.05. The van der Waals surface area contributed by atoms with Gasteiger partial charge in [0.15, 0.2) is 0 Å². The van der Waals surface area contributed by atoms with Crippen LogP contribution in [-0.4, -0.2) is 25.7 Å². The van der Waals surface area contributed by atoms with Crippen molar-refractivity contribution >= 4 is 25.7 Å². The van der Waals surface area contributed by atoms with Crippen molar-refractivity contribution in [2.45, 2.75) is 85.4 Å². The normalized spacial score (nSPS) is 12.7. The summed E-state index contributed by atoms with van der Waals surface area (Å²) in [6.07, 6.45) is 10.1. The maximum absolute atomic E-state index is 11.5. The Bertz CT molecular complexity index is 229. The van der Waals surface area contributed by atoms with E-state index in [4.69, 9.17) is 5.84 Å². The number of rotatable bonds is 13. The van der Waals surface area contributed by atoms with E-state index in [-0.39, 0.29) is 11.8 Å². The molecule has 0 aromatic heterocycles. The predicted octanol–water partition coefficient (Wildman–Crippen LogP) is 4.00. The first-order valence-corrected chi connectivity index (χ1v) is 15.7. The Balaban J connectivity index is 3.87. The predicted molar refractivity (Wildman–Crippen MR) is 91.3 cm³/mol. The number of hydrazine groups is 1. The first kappa shape index (κ1) is 20.2. The van der Waals surface area contributed by atoms with E-state index >= 15 is 0 Å². The van der Waals surface area contributed by atoms with Crippen molar-refractivity contribution in [2.75, 3.05) is 0 Å². The molecule has 1 unspecified atom stereocenters. The van der Waals surface area contributed by atoms with Gasteiger partial charge in [0.05, 0.1) is 0 Å². The molecule has 0 aromatic rings. The van der Waals surface area contributed by atoms with E-state index < -0.39 is 19.8 Å². The summed E-state index contributed by atoms with van der Waals surface area (Å²) in [5.74, 6) is 5.36. The molecule has 3 N–H and O–H groups in total. The van der Waals surface area contributed by atoms with Crippen molar-refractivity contribution in [1.82, 2.24) is 5.43 Å². The molecule has 0 aliphatic carbocycles. The summed E-state index contributed by atoms with van der Waals surface area (Å²) >= 11 is -1.21. The standard InChI is InChI=1S/C8H17N2O.2C4H9.Sn.H/c1-3-5-6-7(4-2)8(11)10-9;2*1-3-4-2;;/h7H,1,3-6,9H2,2H3,(H,10,11);2*1,3-4H2,2H3;;. The van der Waals surface area contributed by atoms with E-state index in [0.29, 0.717) is 0 Å². The van der Waals surface area contributed by atoms with Crippen LogP contribution in [0.3, 0.4) is 0 Å². The topological polar surface area (TPSA) is 55.1 Å². The summed E-state index contributed by atoms with van der Waals surface area (Å²) < 4.78 is 4.74. The number of hydrogen-bond acceptors (Lipinski definition) is 2. The third-order valence-electron chi connectivity index (χ3n) is 4.35. The van der Waals surface area contributed by atoms with E-state index in [0.717, 1.165) is 12.8 Å². The van der Waals surface area contributed by atoms with Crippen molar-refractivity contribution in [3.05, 3.63) is 0 Å². The quantitative estimate of drug-likeness (QED) is 0.164. The van der Waals surface area contributed by atoms with Crippen LogP contribution in [0.25, 0.3) is 0 Å². The Labute approximate surface area is 133 Å². The molecule has 0 bridgehead atoms. The van der Waals surface area contributed by atoms with Crippen molar-refractivity contribution in [3.63, 3.8) is 0 Å². The molecule has 4 heteroatoms. The van der Waals surface area contributed by atoms with Gasteiger partial charge >= 0.3 is 133 Å². The van der Waals surface area contributed by atoms with E-state index in [1.54, 1.807) is 13.3 Å². The molecular formula is C16H36N2OSn. The average molecular weight is 391 g/mol. The fourth-order valence-electron chi connectivity index (χ4n) is 2.88. The Hall–Kier alpha value is 0.229. The molecule has 0 spiro atoms. The summed E-state index contributed by atoms with van der Waals surface area (Å²) in [7, 11) is 0. The molecule has 0 fully saturated rings. The van der Waals surface area contributed by atoms with E-state index in [9.17, 15) is 4.79 Å². The third-order valence-corrected chi connectivity index (χ3v) is 14.8. The SMILES string of the molecule is CCC[CH2][SnH]([CH2]CCC)[CH2]CCCC(CC)C(=O)NN. The minimum absolute atomic E-state index is 0.0181. The van der Waals surface area contributed by atoms with Crippen LogP contribution >= 0.6 is 0 Å². The van der Waals surface area contributed by atoms with Gasteiger partial charge in [0.1, 0.15) is 0 Å². The van der Waals surface area contributed by atoms with Gasteiger partial charge in [-0.1, -0.05) is 0 Å². The first-order chi connectivity index (χ1) is 9.69. The Kier molecular flexibility index (Phi) is 14.3. The van der Waals surface area contributed by atoms with Crippen molar-refractivity contribution in [2.24, 2.45) is 11.8 Å². The van der Waals surface area contributed by atoms with Crippen LogP contribution < -0.4 is 11.3 Å². The fraction of sp³-hybridized carbons (Fsp3) is 0.938. The molecule has 120 valence electrons. The molecule has 1 atom stereocenters. The first-order valence-electron chi connectivity index (χ1n) is 8.69. The van der Waals surface area contributed by atoms with E-state index in [1.165, 1.54) is 38.5 Å². The van der Waals surface area contributed by atoms with Gasteiger partial charge in [0.2, 0.25) is 0 Å². The summed E-state index contributed by atoms with van der Waals surface area (Å²) in [6, 6.07) is 0. The van der Waals surface area contributed by atoms with Gasteiger partial charge in [-0.15, -0.1) is 0 Å². The van der Waals surface area contributed by atoms with Crippen LogP contribution in [0, 0.1) is 5.92 Å². The van der Waals surface area contributed by atoms with Crippen LogP contribution in [0.2, 0.25) is 13.3 Å². The van der Waals surface area contributed by atoms with Gasteiger partial charge in [0.25, 0.3) is 0 Å². The monoisotopic (exact) mass is 392 g/mol. The van der Waals surface area contributed by atoms with Gasteiger partial charge in [0, 0.05) is 0 Å². The number of carbonyl (C=O) groups excluding carboxylic acids is 1. The average Bonchev–Trinajstić information content (AvgIpc) is 2.48. The fourth-order valence-corrected chi connectivity index (χ4v) is 13.5. The van der Waals surface area contributed by atoms with Crippen molar-refractivity contribution < 1.29 is 4.79 Å². The molecule has 1 amide bonds. The van der Waals surface area contributed by atoms with Crippen LogP contribution in [0.5, 0.6) is 0 Å². The molecule has 0 rings (SSSR count). The summed E-state index contributed by atoms with van der Waals surface area (Å²) in [5, 5.41) is 0. The number of nitrogens with one attached hydrogen (secondary N) is 1. The molecule has 0 saturated heterocycles. The molecular weight excluding hydrogens is 355 g/mol. The number of hydrogen-bond donors (Lipinski definition) is 2. The molecule has 20 heavy (non-hydrogen) atoms. The zero-order valence-electron chi connectivity index (χ0n) is 13.9. The van der Waals surface area contributed by atoms with Gasteiger partial charge in [-0.05, 0) is 0 Å². The molecule has 0 aliphatic heterocycles. The molecule has 0 radical (unpaired) electrons. The number of nitrogens with two attached hydrogens (primary N) is 1. The maximum atomic E-state index is 11.5. The number of unbranched alkanes of at least 4 members (excludes halogenated alkanes) is 3. The molecule has 0 aliphatic rings. The minimum atomic E-state index is -1.21. The zero-order chi connectivity index (χ0) is 15.2. The summed E-state index contributed by atoms with van der Waals surface area (Å²) in [4.78, 5) is 11.5. The summed E-state index contributed by atoms with van der Waals surface area (Å²) in [5.41, 5.74) is 2.30. The molecule has 0 saturated carbocycles. The van der Waals surface area contributed by atoms with Gasteiger partial charge in [-0.25, -0.2) is 0 Å².